The normalized spacial score (nSPS) is 18.5. The van der Waals surface area contributed by atoms with E-state index in [1.165, 1.54) is 0 Å². The monoisotopic (exact) mass is 480 g/mol. The number of carboxylic acid groups (broad SMARTS) is 1. The topological polar surface area (TPSA) is 99.1 Å². The molecule has 1 heterocycles. The molecule has 2 rings (SSSR count). The number of carboxylic acids is 1. The van der Waals surface area contributed by atoms with Crippen LogP contribution in [0.15, 0.2) is 12.1 Å². The molecule has 1 aromatic carbocycles. The Morgan fingerprint density at radius 2 is 1.67 bits per heavy atom. The fourth-order valence-electron chi connectivity index (χ4n) is 3.52. The van der Waals surface area contributed by atoms with Gasteiger partial charge in [0, 0.05) is 11.4 Å². The minimum atomic E-state index is -0.779. The van der Waals surface area contributed by atoms with Gasteiger partial charge >= 0.3 is 12.0 Å². The molecule has 168 valence electrons. The molecule has 0 spiro atoms. The number of carbonyl (C=O) groups is 2. The van der Waals surface area contributed by atoms with Crippen LogP contribution < -0.4 is 10.1 Å². The Morgan fingerprint density at radius 1 is 1.03 bits per heavy atom. The molecule has 1 fully saturated rings. The van der Waals surface area contributed by atoms with Gasteiger partial charge in [0.2, 0.25) is 0 Å². The van der Waals surface area contributed by atoms with Crippen molar-refractivity contribution in [3.05, 3.63) is 27.2 Å². The van der Waals surface area contributed by atoms with Gasteiger partial charge in [-0.15, -0.1) is 0 Å². The van der Waals surface area contributed by atoms with Gasteiger partial charge in [-0.2, -0.15) is 0 Å². The number of ether oxygens (including phenoxy) is 1. The molecule has 1 aliphatic rings. The molecule has 0 aliphatic carbocycles. The van der Waals surface area contributed by atoms with Crippen LogP contribution in [0.2, 0.25) is 15.1 Å². The first-order valence-corrected chi connectivity index (χ1v) is 11.2. The minimum Gasteiger partial charge on any atom is -0.490 e. The highest BCUT2D eigenvalue weighted by Crippen LogP contribution is 2.36. The number of carbonyl (C=O) groups excluding carboxylic acids is 1. The molecule has 0 bridgehead atoms. The van der Waals surface area contributed by atoms with Gasteiger partial charge in [0.05, 0.1) is 28.7 Å². The Kier molecular flexibility index (Phi) is 10.3. The van der Waals surface area contributed by atoms with E-state index in [0.717, 1.165) is 37.2 Å². The summed E-state index contributed by atoms with van der Waals surface area (Å²) >= 11 is 18.1. The van der Waals surface area contributed by atoms with Crippen LogP contribution in [-0.4, -0.2) is 46.1 Å². The molecule has 0 radical (unpaired) electrons. The molecule has 10 heteroatoms. The predicted octanol–water partition coefficient (Wildman–Crippen LogP) is 5.77. The molecule has 1 aliphatic heterocycles. The molecular weight excluding hydrogens is 455 g/mol. The van der Waals surface area contributed by atoms with Crippen LogP contribution in [0.25, 0.3) is 0 Å². The number of unbranched alkanes of at least 4 members (excludes halogenated alkanes) is 4. The zero-order chi connectivity index (χ0) is 22.1. The molecule has 1 aromatic rings. The highest BCUT2D eigenvalue weighted by atomic mass is 35.5. The van der Waals surface area contributed by atoms with Crippen LogP contribution in [0.3, 0.4) is 0 Å². The van der Waals surface area contributed by atoms with E-state index in [0.29, 0.717) is 46.7 Å². The Bertz CT molecular complexity index is 711. The van der Waals surface area contributed by atoms with Crippen molar-refractivity contribution in [3.63, 3.8) is 0 Å². The molecule has 1 saturated heterocycles. The summed E-state index contributed by atoms with van der Waals surface area (Å²) in [4.78, 5) is 22.3. The third kappa shape index (κ3) is 7.69. The first-order chi connectivity index (χ1) is 14.3. The van der Waals surface area contributed by atoms with Gasteiger partial charge in [-0.05, 0) is 44.2 Å². The quantitative estimate of drug-likeness (QED) is 0.245. The molecular formula is C20H27Cl3N2O5. The summed E-state index contributed by atoms with van der Waals surface area (Å²) < 4.78 is 5.66. The standard InChI is InChI=1S/C20H27Cl3N2O5/c21-13-11-14(22)19(15(23)12-13)30-10-6-5-8-17-16(24-20(28)25(17)29)7-3-1-2-4-9-18(26)27/h11-12,16-17,29H,1-10H2,(H,24,28)(H,26,27). The lowest BCUT2D eigenvalue weighted by Gasteiger charge is -2.21. The van der Waals surface area contributed by atoms with Crippen molar-refractivity contribution in [2.45, 2.75) is 69.9 Å². The largest absolute Gasteiger partial charge is 0.490 e. The van der Waals surface area contributed by atoms with E-state index in [4.69, 9.17) is 44.6 Å². The Balaban J connectivity index is 1.70. The maximum atomic E-state index is 11.8. The highest BCUT2D eigenvalue weighted by Gasteiger charge is 2.37. The summed E-state index contributed by atoms with van der Waals surface area (Å²) in [5.41, 5.74) is 0. The van der Waals surface area contributed by atoms with E-state index in [9.17, 15) is 14.8 Å². The van der Waals surface area contributed by atoms with Crippen molar-refractivity contribution >= 4 is 46.8 Å². The van der Waals surface area contributed by atoms with Crippen LogP contribution in [0.1, 0.15) is 57.8 Å². The summed E-state index contributed by atoms with van der Waals surface area (Å²) in [6.45, 7) is 0.398. The number of hydroxylamine groups is 2. The molecule has 7 nitrogen and oxygen atoms in total. The van der Waals surface area contributed by atoms with E-state index in [1.807, 2.05) is 0 Å². The number of nitrogens with one attached hydrogen (secondary N) is 1. The zero-order valence-corrected chi connectivity index (χ0v) is 18.8. The molecule has 2 atom stereocenters. The second-order valence-electron chi connectivity index (χ2n) is 7.36. The van der Waals surface area contributed by atoms with Gasteiger partial charge in [0.1, 0.15) is 0 Å². The van der Waals surface area contributed by atoms with E-state index < -0.39 is 12.0 Å². The third-order valence-corrected chi connectivity index (χ3v) is 5.83. The fraction of sp³-hybridized carbons (Fsp3) is 0.600. The van der Waals surface area contributed by atoms with E-state index in [2.05, 4.69) is 5.32 Å². The van der Waals surface area contributed by atoms with Gasteiger partial charge in [-0.25, -0.2) is 9.86 Å². The average molecular weight is 482 g/mol. The number of rotatable bonds is 13. The summed E-state index contributed by atoms with van der Waals surface area (Å²) in [6, 6.07) is 2.24. The lowest BCUT2D eigenvalue weighted by molar-refractivity contribution is -0.137. The maximum absolute atomic E-state index is 11.8. The lowest BCUT2D eigenvalue weighted by Crippen LogP contribution is -2.34. The van der Waals surface area contributed by atoms with Gasteiger partial charge in [0.25, 0.3) is 0 Å². The number of hydrogen-bond donors (Lipinski definition) is 3. The van der Waals surface area contributed by atoms with Crippen LogP contribution in [0.4, 0.5) is 4.79 Å². The van der Waals surface area contributed by atoms with E-state index in [-0.39, 0.29) is 18.5 Å². The van der Waals surface area contributed by atoms with Crippen molar-refractivity contribution in [1.29, 1.82) is 0 Å². The molecule has 30 heavy (non-hydrogen) atoms. The number of urea groups is 1. The van der Waals surface area contributed by atoms with Gasteiger partial charge in [-0.1, -0.05) is 54.1 Å². The van der Waals surface area contributed by atoms with Crippen molar-refractivity contribution in [3.8, 4) is 5.75 Å². The number of halogens is 3. The molecule has 3 N–H and O–H groups in total. The Labute approximate surface area is 191 Å². The Hall–Kier alpha value is -1.41. The number of benzene rings is 1. The van der Waals surface area contributed by atoms with Gasteiger partial charge in [0.15, 0.2) is 5.75 Å². The number of nitrogens with zero attached hydrogens (tertiary/aromatic N) is 1. The Morgan fingerprint density at radius 3 is 2.33 bits per heavy atom. The SMILES string of the molecule is O=C(O)CCCCCCC1NC(=O)N(O)C1CCCCOc1c(Cl)cc(Cl)cc1Cl. The number of hydrogen-bond acceptors (Lipinski definition) is 4. The van der Waals surface area contributed by atoms with Gasteiger partial charge in [-0.3, -0.25) is 10.0 Å². The van der Waals surface area contributed by atoms with Gasteiger partial charge < -0.3 is 15.2 Å². The van der Waals surface area contributed by atoms with Crippen molar-refractivity contribution in [2.75, 3.05) is 6.61 Å². The highest BCUT2D eigenvalue weighted by molar-refractivity contribution is 6.40. The second-order valence-corrected chi connectivity index (χ2v) is 8.61. The number of aliphatic carboxylic acids is 1. The fourth-order valence-corrected chi connectivity index (χ4v) is 4.45. The molecule has 2 amide bonds. The second kappa shape index (κ2) is 12.4. The first kappa shape index (κ1) is 24.9. The van der Waals surface area contributed by atoms with Crippen LogP contribution in [0, 0.1) is 0 Å². The van der Waals surface area contributed by atoms with Crippen LogP contribution in [0.5, 0.6) is 5.75 Å². The predicted molar refractivity (Wildman–Crippen MR) is 116 cm³/mol. The summed E-state index contributed by atoms with van der Waals surface area (Å²) in [5.74, 6) is -0.386. The summed E-state index contributed by atoms with van der Waals surface area (Å²) in [5, 5.41) is 23.4. The number of amides is 2. The minimum absolute atomic E-state index is 0.122. The average Bonchev–Trinajstić information content (AvgIpc) is 2.93. The zero-order valence-electron chi connectivity index (χ0n) is 16.6. The summed E-state index contributed by atoms with van der Waals surface area (Å²) in [7, 11) is 0. The maximum Gasteiger partial charge on any atom is 0.341 e. The molecule has 0 aromatic heterocycles. The molecule has 2 unspecified atom stereocenters. The van der Waals surface area contributed by atoms with E-state index in [1.54, 1.807) is 12.1 Å². The van der Waals surface area contributed by atoms with Crippen LogP contribution >= 0.6 is 34.8 Å². The summed E-state index contributed by atoms with van der Waals surface area (Å²) in [6.07, 6.45) is 6.26. The van der Waals surface area contributed by atoms with Crippen molar-refractivity contribution in [2.24, 2.45) is 0 Å². The van der Waals surface area contributed by atoms with Crippen molar-refractivity contribution < 1.29 is 24.6 Å². The van der Waals surface area contributed by atoms with Crippen molar-refractivity contribution in [1.82, 2.24) is 10.4 Å². The smallest absolute Gasteiger partial charge is 0.341 e. The first-order valence-electron chi connectivity index (χ1n) is 10.1. The van der Waals surface area contributed by atoms with E-state index >= 15 is 0 Å². The molecule has 0 saturated carbocycles. The third-order valence-electron chi connectivity index (χ3n) is 5.06. The van der Waals surface area contributed by atoms with Crippen LogP contribution in [-0.2, 0) is 4.79 Å². The lowest BCUT2D eigenvalue weighted by atomic mass is 9.97.